The van der Waals surface area contributed by atoms with Crippen LogP contribution in [0, 0.1) is 28.9 Å². The number of rotatable bonds is 3. The Hall–Kier alpha value is -3.59. The highest BCUT2D eigenvalue weighted by molar-refractivity contribution is 6.26. The van der Waals surface area contributed by atoms with Crippen molar-refractivity contribution in [1.29, 1.82) is 0 Å². The van der Waals surface area contributed by atoms with Gasteiger partial charge < -0.3 is 5.32 Å². The highest BCUT2D eigenvalue weighted by Crippen LogP contribution is 2.61. The number of hydrogen-bond donors (Lipinski definition) is 1. The fourth-order valence-corrected chi connectivity index (χ4v) is 6.87. The molecule has 34 heavy (non-hydrogen) atoms. The van der Waals surface area contributed by atoms with Gasteiger partial charge in [-0.25, -0.2) is 4.90 Å². The molecule has 6 rings (SSSR count). The largest absolute Gasteiger partial charge is 0.324 e. The summed E-state index contributed by atoms with van der Waals surface area (Å²) in [6, 6.07) is 9.94. The smallest absolute Gasteiger partial charge is 0.274 e. The van der Waals surface area contributed by atoms with E-state index in [2.05, 4.69) is 10.2 Å². The van der Waals surface area contributed by atoms with Gasteiger partial charge in [0, 0.05) is 23.4 Å². The fraction of sp³-hybridized carbons (Fsp3) is 0.400. The molecule has 2 aromatic carbocycles. The normalized spacial score (nSPS) is 29.5. The Morgan fingerprint density at radius 2 is 1.91 bits per heavy atom. The fourth-order valence-electron chi connectivity index (χ4n) is 6.87. The molecule has 1 spiro atoms. The first kappa shape index (κ1) is 21.0. The molecule has 0 bridgehead atoms. The van der Waals surface area contributed by atoms with Gasteiger partial charge in [0.2, 0.25) is 17.7 Å². The van der Waals surface area contributed by atoms with E-state index in [1.165, 1.54) is 12.1 Å². The van der Waals surface area contributed by atoms with Crippen molar-refractivity contribution in [3.05, 3.63) is 63.2 Å². The number of fused-ring (bicyclic) bond motifs is 7. The summed E-state index contributed by atoms with van der Waals surface area (Å²) in [6.07, 6.45) is 2.28. The van der Waals surface area contributed by atoms with E-state index in [9.17, 15) is 24.5 Å². The molecule has 0 unspecified atom stereocenters. The Morgan fingerprint density at radius 1 is 1.15 bits per heavy atom. The number of nitrogens with one attached hydrogen (secondary N) is 1. The highest BCUT2D eigenvalue weighted by atomic mass is 16.6. The van der Waals surface area contributed by atoms with Gasteiger partial charge in [0.05, 0.1) is 28.0 Å². The summed E-state index contributed by atoms with van der Waals surface area (Å²) in [5.41, 5.74) is 1.58. The highest BCUT2D eigenvalue weighted by Gasteiger charge is 2.74. The van der Waals surface area contributed by atoms with Gasteiger partial charge in [-0.2, -0.15) is 0 Å². The maximum absolute atomic E-state index is 14.1. The zero-order chi connectivity index (χ0) is 23.9. The minimum absolute atomic E-state index is 0.149. The first-order valence-electron chi connectivity index (χ1n) is 11.7. The summed E-state index contributed by atoms with van der Waals surface area (Å²) in [7, 11) is 0. The summed E-state index contributed by atoms with van der Waals surface area (Å²) in [4.78, 5) is 55.8. The van der Waals surface area contributed by atoms with Crippen molar-refractivity contribution >= 4 is 34.8 Å². The number of nitrogens with zero attached hydrogens (tertiary/aromatic N) is 3. The van der Waals surface area contributed by atoms with Crippen LogP contribution in [0.3, 0.4) is 0 Å². The summed E-state index contributed by atoms with van der Waals surface area (Å²) in [5.74, 6) is -2.65. The van der Waals surface area contributed by atoms with Gasteiger partial charge in [-0.15, -0.1) is 0 Å². The van der Waals surface area contributed by atoms with Crippen LogP contribution in [0.25, 0.3) is 0 Å². The van der Waals surface area contributed by atoms with E-state index in [1.54, 1.807) is 13.0 Å². The van der Waals surface area contributed by atoms with E-state index in [0.717, 1.165) is 41.0 Å². The lowest BCUT2D eigenvalue weighted by molar-refractivity contribution is -0.385. The minimum Gasteiger partial charge on any atom is -0.324 e. The monoisotopic (exact) mass is 460 g/mol. The number of aryl methyl sites for hydroxylation is 1. The average molecular weight is 460 g/mol. The molecular weight excluding hydrogens is 436 g/mol. The third-order valence-corrected chi connectivity index (χ3v) is 8.21. The molecule has 4 aliphatic rings. The van der Waals surface area contributed by atoms with Crippen LogP contribution in [0.5, 0.6) is 0 Å². The predicted molar refractivity (Wildman–Crippen MR) is 123 cm³/mol. The van der Waals surface area contributed by atoms with Gasteiger partial charge in [-0.3, -0.25) is 29.4 Å². The molecule has 3 saturated heterocycles. The molecule has 9 nitrogen and oxygen atoms in total. The van der Waals surface area contributed by atoms with Crippen molar-refractivity contribution < 1.29 is 19.3 Å². The second-order valence-electron chi connectivity index (χ2n) is 9.51. The minimum atomic E-state index is -1.25. The van der Waals surface area contributed by atoms with Gasteiger partial charge >= 0.3 is 0 Å². The zero-order valence-electron chi connectivity index (χ0n) is 18.9. The third-order valence-electron chi connectivity index (χ3n) is 8.21. The van der Waals surface area contributed by atoms with Crippen LogP contribution in [0.1, 0.15) is 36.5 Å². The second kappa shape index (κ2) is 6.96. The molecule has 4 atom stereocenters. The van der Waals surface area contributed by atoms with Crippen LogP contribution in [-0.2, 0) is 26.3 Å². The lowest BCUT2D eigenvalue weighted by atomic mass is 9.75. The summed E-state index contributed by atoms with van der Waals surface area (Å²) in [5, 5.41) is 14.5. The van der Waals surface area contributed by atoms with E-state index in [-0.39, 0.29) is 34.8 Å². The van der Waals surface area contributed by atoms with Gasteiger partial charge in [0.1, 0.15) is 5.54 Å². The molecular formula is C25H24N4O5. The maximum atomic E-state index is 14.1. The Morgan fingerprint density at radius 3 is 2.65 bits per heavy atom. The van der Waals surface area contributed by atoms with Crippen molar-refractivity contribution in [1.82, 2.24) is 4.90 Å². The molecule has 4 aliphatic heterocycles. The van der Waals surface area contributed by atoms with E-state index in [4.69, 9.17) is 0 Å². The molecule has 0 aromatic heterocycles. The number of benzene rings is 2. The first-order chi connectivity index (χ1) is 16.3. The number of amides is 3. The molecule has 1 N–H and O–H groups in total. The number of nitro groups is 1. The van der Waals surface area contributed by atoms with Crippen LogP contribution in [0.4, 0.5) is 17.1 Å². The van der Waals surface area contributed by atoms with E-state index in [1.807, 2.05) is 25.1 Å². The molecule has 0 aliphatic carbocycles. The lowest BCUT2D eigenvalue weighted by Crippen LogP contribution is -2.54. The molecule has 9 heteroatoms. The average Bonchev–Trinajstić information content (AvgIpc) is 3.52. The number of para-hydroxylation sites is 1. The molecule has 0 saturated carbocycles. The Balaban J connectivity index is 1.56. The Bertz CT molecular complexity index is 1310. The second-order valence-corrected chi connectivity index (χ2v) is 9.51. The summed E-state index contributed by atoms with van der Waals surface area (Å²) < 4.78 is 0. The number of imide groups is 1. The van der Waals surface area contributed by atoms with Crippen LogP contribution in [0.15, 0.2) is 36.4 Å². The molecule has 2 aromatic rings. The zero-order valence-corrected chi connectivity index (χ0v) is 18.9. The van der Waals surface area contributed by atoms with Crippen molar-refractivity contribution in [2.75, 3.05) is 16.8 Å². The van der Waals surface area contributed by atoms with Crippen LogP contribution in [0.2, 0.25) is 0 Å². The number of carbonyl (C=O) groups excluding carboxylic acids is 3. The Kier molecular flexibility index (Phi) is 4.29. The summed E-state index contributed by atoms with van der Waals surface area (Å²) >= 11 is 0. The third kappa shape index (κ3) is 2.30. The van der Waals surface area contributed by atoms with Gasteiger partial charge in [-0.1, -0.05) is 31.2 Å². The summed E-state index contributed by atoms with van der Waals surface area (Å²) in [6.45, 7) is 4.20. The van der Waals surface area contributed by atoms with E-state index < -0.39 is 28.2 Å². The van der Waals surface area contributed by atoms with Crippen molar-refractivity contribution in [2.24, 2.45) is 11.8 Å². The van der Waals surface area contributed by atoms with E-state index in [0.29, 0.717) is 6.54 Å². The number of nitro benzene ring substituents is 1. The molecule has 0 radical (unpaired) electrons. The Labute approximate surface area is 195 Å². The van der Waals surface area contributed by atoms with Crippen LogP contribution in [-0.4, -0.2) is 40.1 Å². The van der Waals surface area contributed by atoms with Crippen LogP contribution >= 0.6 is 0 Å². The van der Waals surface area contributed by atoms with Crippen LogP contribution < -0.4 is 10.2 Å². The molecule has 3 fully saturated rings. The molecule has 174 valence electrons. The van der Waals surface area contributed by atoms with Crippen molar-refractivity contribution in [3.63, 3.8) is 0 Å². The van der Waals surface area contributed by atoms with Crippen molar-refractivity contribution in [2.45, 2.75) is 44.7 Å². The topological polar surface area (TPSA) is 113 Å². The predicted octanol–water partition coefficient (Wildman–Crippen LogP) is 2.90. The van der Waals surface area contributed by atoms with Gasteiger partial charge in [0.15, 0.2) is 0 Å². The number of hydrogen-bond acceptors (Lipinski definition) is 6. The van der Waals surface area contributed by atoms with E-state index >= 15 is 0 Å². The lowest BCUT2D eigenvalue weighted by Gasteiger charge is -2.36. The number of carbonyl (C=O) groups is 3. The molecule has 3 amide bonds. The van der Waals surface area contributed by atoms with Crippen molar-refractivity contribution in [3.8, 4) is 0 Å². The maximum Gasteiger partial charge on any atom is 0.274 e. The molecule has 4 heterocycles. The quantitative estimate of drug-likeness (QED) is 0.428. The first-order valence-corrected chi connectivity index (χ1v) is 11.7. The van der Waals surface area contributed by atoms with Gasteiger partial charge in [-0.05, 0) is 44.4 Å². The van der Waals surface area contributed by atoms with Gasteiger partial charge in [0.25, 0.3) is 5.69 Å². The SMILES string of the molecule is CCc1cccc2c1NC(=O)[C@@]21[C@@H]2C(=O)N(c3cccc([N+](=O)[O-])c3C)C(=O)[C@@H]2[C@H]2CCCN21. The number of anilines is 2. The standard InChI is InChI=1S/C25H24N4O5/c1-3-14-7-4-8-15-21(14)26-24(32)25(15)20-19(18-11-6-12-27(18)25)22(30)28(23(20)31)16-9-5-10-17(13(16)2)29(33)34/h4-5,7-10,18-20H,3,6,11-12H2,1-2H3,(H,26,32)/t18-,19-,20+,25+/m1/s1.